The van der Waals surface area contributed by atoms with Crippen LogP contribution in [0.1, 0.15) is 18.0 Å². The lowest BCUT2D eigenvalue weighted by Gasteiger charge is -2.08. The first-order valence-corrected chi connectivity index (χ1v) is 8.58. The van der Waals surface area contributed by atoms with E-state index in [9.17, 15) is 0 Å². The number of aromatic nitrogens is 6. The molecule has 124 valence electrons. The molecule has 1 atom stereocenters. The van der Waals surface area contributed by atoms with E-state index in [-0.39, 0.29) is 5.25 Å². The van der Waals surface area contributed by atoms with Gasteiger partial charge in [-0.3, -0.25) is 0 Å². The van der Waals surface area contributed by atoms with E-state index in [1.807, 2.05) is 67.6 Å². The van der Waals surface area contributed by atoms with Crippen LogP contribution in [0.25, 0.3) is 17.1 Å². The summed E-state index contributed by atoms with van der Waals surface area (Å²) in [5, 5.41) is 20.7. The van der Waals surface area contributed by atoms with E-state index in [2.05, 4.69) is 25.7 Å². The molecular formula is C17H14N6OS. The minimum atomic E-state index is -0.0562. The van der Waals surface area contributed by atoms with Crippen LogP contribution in [-0.4, -0.2) is 30.4 Å². The third-order valence-corrected chi connectivity index (χ3v) is 4.49. The second-order valence-electron chi connectivity index (χ2n) is 5.28. The highest BCUT2D eigenvalue weighted by Crippen LogP contribution is 2.34. The molecular weight excluding hydrogens is 336 g/mol. The van der Waals surface area contributed by atoms with Crippen LogP contribution in [0.3, 0.4) is 0 Å². The number of hydrogen-bond acceptors (Lipinski definition) is 7. The van der Waals surface area contributed by atoms with Gasteiger partial charge in [0.05, 0.1) is 10.9 Å². The molecule has 0 spiro atoms. The lowest BCUT2D eigenvalue weighted by molar-refractivity contribution is 0.464. The molecule has 0 aliphatic heterocycles. The largest absolute Gasteiger partial charge is 0.411 e. The van der Waals surface area contributed by atoms with Crippen molar-refractivity contribution in [3.8, 4) is 17.1 Å². The highest BCUT2D eigenvalue weighted by atomic mass is 32.2. The number of para-hydroxylation sites is 1. The Morgan fingerprint density at radius 2 is 1.64 bits per heavy atom. The molecule has 0 aliphatic rings. The van der Waals surface area contributed by atoms with Crippen molar-refractivity contribution >= 4 is 11.8 Å². The quantitative estimate of drug-likeness (QED) is 0.509. The van der Waals surface area contributed by atoms with Crippen LogP contribution in [0.2, 0.25) is 0 Å². The predicted octanol–water partition coefficient (Wildman–Crippen LogP) is 3.57. The molecule has 0 saturated heterocycles. The highest BCUT2D eigenvalue weighted by Gasteiger charge is 2.20. The van der Waals surface area contributed by atoms with E-state index in [0.717, 1.165) is 17.1 Å². The maximum atomic E-state index is 5.75. The third-order valence-electron chi connectivity index (χ3n) is 3.56. The standard InChI is InChI=1S/C17H14N6OS/c1-12(15-18-21-22-23(15)14-10-6-3-7-11-14)25-17-20-19-16(24-17)13-8-4-2-5-9-13/h2-12H,1H3. The van der Waals surface area contributed by atoms with E-state index < -0.39 is 0 Å². The third kappa shape index (κ3) is 3.29. The fourth-order valence-corrected chi connectivity index (χ4v) is 3.13. The lowest BCUT2D eigenvalue weighted by Crippen LogP contribution is -2.04. The number of tetrazole rings is 1. The van der Waals surface area contributed by atoms with Crippen LogP contribution in [0, 0.1) is 0 Å². The summed E-state index contributed by atoms with van der Waals surface area (Å²) in [6.45, 7) is 2.00. The average molecular weight is 350 g/mol. The lowest BCUT2D eigenvalue weighted by atomic mass is 10.2. The van der Waals surface area contributed by atoms with Gasteiger partial charge in [0.1, 0.15) is 0 Å². The van der Waals surface area contributed by atoms with E-state index in [1.165, 1.54) is 11.8 Å². The van der Waals surface area contributed by atoms with Crippen LogP contribution in [-0.2, 0) is 0 Å². The monoisotopic (exact) mass is 350 g/mol. The second kappa shape index (κ2) is 6.86. The van der Waals surface area contributed by atoms with Crippen LogP contribution in [0.15, 0.2) is 70.3 Å². The number of benzene rings is 2. The molecule has 4 aromatic rings. The molecule has 2 aromatic carbocycles. The molecule has 25 heavy (non-hydrogen) atoms. The molecule has 0 saturated carbocycles. The summed E-state index contributed by atoms with van der Waals surface area (Å²) in [5.41, 5.74) is 1.80. The smallest absolute Gasteiger partial charge is 0.277 e. The van der Waals surface area contributed by atoms with E-state index >= 15 is 0 Å². The maximum absolute atomic E-state index is 5.75. The summed E-state index contributed by atoms with van der Waals surface area (Å²) in [4.78, 5) is 0. The molecule has 0 amide bonds. The topological polar surface area (TPSA) is 82.5 Å². The summed E-state index contributed by atoms with van der Waals surface area (Å²) in [5.74, 6) is 1.22. The van der Waals surface area contributed by atoms with Crippen molar-refractivity contribution in [2.75, 3.05) is 0 Å². The van der Waals surface area contributed by atoms with Crippen molar-refractivity contribution in [2.24, 2.45) is 0 Å². The Hall–Kier alpha value is -3.00. The van der Waals surface area contributed by atoms with Crippen LogP contribution in [0.5, 0.6) is 0 Å². The average Bonchev–Trinajstić information content (AvgIpc) is 3.33. The van der Waals surface area contributed by atoms with Crippen molar-refractivity contribution in [3.05, 3.63) is 66.5 Å². The van der Waals surface area contributed by atoms with Crippen LogP contribution >= 0.6 is 11.8 Å². The molecule has 2 heterocycles. The Balaban J connectivity index is 1.55. The summed E-state index contributed by atoms with van der Waals surface area (Å²) in [6.07, 6.45) is 0. The molecule has 8 heteroatoms. The molecule has 4 rings (SSSR count). The Morgan fingerprint density at radius 1 is 0.920 bits per heavy atom. The van der Waals surface area contributed by atoms with Gasteiger partial charge in [-0.25, -0.2) is 0 Å². The first-order valence-electron chi connectivity index (χ1n) is 7.70. The Labute approximate surface area is 148 Å². The van der Waals surface area contributed by atoms with E-state index in [4.69, 9.17) is 4.42 Å². The highest BCUT2D eigenvalue weighted by molar-refractivity contribution is 7.99. The first kappa shape index (κ1) is 15.5. The zero-order chi connectivity index (χ0) is 17.1. The van der Waals surface area contributed by atoms with Crippen LogP contribution < -0.4 is 0 Å². The molecule has 0 N–H and O–H groups in total. The zero-order valence-electron chi connectivity index (χ0n) is 13.4. The van der Waals surface area contributed by atoms with Crippen LogP contribution in [0.4, 0.5) is 0 Å². The van der Waals surface area contributed by atoms with E-state index in [0.29, 0.717) is 11.1 Å². The fourth-order valence-electron chi connectivity index (χ4n) is 2.36. The summed E-state index contributed by atoms with van der Waals surface area (Å²) >= 11 is 1.42. The van der Waals surface area contributed by atoms with Gasteiger partial charge >= 0.3 is 0 Å². The van der Waals surface area contributed by atoms with Gasteiger partial charge in [0.15, 0.2) is 5.82 Å². The predicted molar refractivity (Wildman–Crippen MR) is 93.2 cm³/mol. The van der Waals surface area contributed by atoms with Gasteiger partial charge < -0.3 is 4.42 Å². The summed E-state index contributed by atoms with van der Waals surface area (Å²) < 4.78 is 7.46. The normalized spacial score (nSPS) is 12.2. The van der Waals surface area contributed by atoms with Gasteiger partial charge in [-0.1, -0.05) is 48.2 Å². The van der Waals surface area contributed by atoms with Gasteiger partial charge in [0.2, 0.25) is 5.89 Å². The molecule has 0 aliphatic carbocycles. The number of hydrogen-bond donors (Lipinski definition) is 0. The molecule has 2 aromatic heterocycles. The molecule has 7 nitrogen and oxygen atoms in total. The van der Waals surface area contributed by atoms with Gasteiger partial charge in [0.25, 0.3) is 5.22 Å². The van der Waals surface area contributed by atoms with Gasteiger partial charge in [-0.2, -0.15) is 4.68 Å². The molecule has 1 unspecified atom stereocenters. The Bertz CT molecular complexity index is 953. The summed E-state index contributed by atoms with van der Waals surface area (Å²) in [7, 11) is 0. The van der Waals surface area contributed by atoms with Crippen molar-refractivity contribution in [1.29, 1.82) is 0 Å². The van der Waals surface area contributed by atoms with Crippen molar-refractivity contribution in [3.63, 3.8) is 0 Å². The minimum Gasteiger partial charge on any atom is -0.411 e. The van der Waals surface area contributed by atoms with Crippen molar-refractivity contribution in [1.82, 2.24) is 30.4 Å². The molecule has 0 radical (unpaired) electrons. The SMILES string of the molecule is CC(Sc1nnc(-c2ccccc2)o1)c1nnnn1-c1ccccc1. The van der Waals surface area contributed by atoms with Gasteiger partial charge in [0, 0.05) is 5.56 Å². The Kier molecular flexibility index (Phi) is 4.26. The minimum absolute atomic E-state index is 0.0562. The van der Waals surface area contributed by atoms with E-state index in [1.54, 1.807) is 4.68 Å². The fraction of sp³-hybridized carbons (Fsp3) is 0.118. The first-order chi connectivity index (χ1) is 12.3. The zero-order valence-corrected chi connectivity index (χ0v) is 14.2. The van der Waals surface area contributed by atoms with Crippen molar-refractivity contribution < 1.29 is 4.42 Å². The number of rotatable bonds is 5. The molecule has 0 bridgehead atoms. The Morgan fingerprint density at radius 3 is 2.40 bits per heavy atom. The number of thioether (sulfide) groups is 1. The van der Waals surface area contributed by atoms with Crippen molar-refractivity contribution in [2.45, 2.75) is 17.4 Å². The second-order valence-corrected chi connectivity index (χ2v) is 6.58. The maximum Gasteiger partial charge on any atom is 0.277 e. The van der Waals surface area contributed by atoms with Gasteiger partial charge in [-0.05, 0) is 41.6 Å². The van der Waals surface area contributed by atoms with Gasteiger partial charge in [-0.15, -0.1) is 15.3 Å². The molecule has 0 fully saturated rings. The summed E-state index contributed by atoms with van der Waals surface area (Å²) in [6, 6.07) is 19.4. The number of nitrogens with zero attached hydrogens (tertiary/aromatic N) is 6.